The first-order chi connectivity index (χ1) is 14.2. The van der Waals surface area contributed by atoms with Crippen molar-refractivity contribution in [3.05, 3.63) is 106 Å². The predicted molar refractivity (Wildman–Crippen MR) is 115 cm³/mol. The molecule has 0 fully saturated rings. The molecule has 1 heterocycles. The Kier molecular flexibility index (Phi) is 5.63. The Bertz CT molecular complexity index is 1210. The van der Waals surface area contributed by atoms with Crippen LogP contribution < -0.4 is 4.80 Å². The molecule has 4 aromatic rings. The van der Waals surface area contributed by atoms with Gasteiger partial charge in [-0.25, -0.2) is 9.07 Å². The highest BCUT2D eigenvalue weighted by molar-refractivity contribution is 7.07. The zero-order chi connectivity index (χ0) is 20.1. The molecule has 29 heavy (non-hydrogen) atoms. The zero-order valence-corrected chi connectivity index (χ0v) is 16.3. The van der Waals surface area contributed by atoms with Crippen molar-refractivity contribution >= 4 is 17.6 Å². The Hall–Kier alpha value is -3.51. The minimum absolute atomic E-state index is 0.127. The van der Waals surface area contributed by atoms with Crippen LogP contribution in [0.3, 0.4) is 0 Å². The fourth-order valence-corrected chi connectivity index (χ4v) is 3.66. The second-order valence-corrected chi connectivity index (χ2v) is 7.14. The van der Waals surface area contributed by atoms with Gasteiger partial charge >= 0.3 is 0 Å². The van der Waals surface area contributed by atoms with E-state index in [2.05, 4.69) is 10.1 Å². The smallest absolute Gasteiger partial charge is 0.206 e. The molecule has 3 aromatic carbocycles. The van der Waals surface area contributed by atoms with Crippen molar-refractivity contribution in [3.8, 4) is 17.0 Å². The van der Waals surface area contributed by atoms with Crippen LogP contribution in [-0.4, -0.2) is 16.0 Å². The lowest BCUT2D eigenvalue weighted by Gasteiger charge is -2.05. The van der Waals surface area contributed by atoms with Crippen LogP contribution in [0.1, 0.15) is 11.1 Å². The van der Waals surface area contributed by atoms with Crippen LogP contribution in [0.15, 0.2) is 94.3 Å². The fraction of sp³-hybridized carbons (Fsp3) is 0.0435. The molecule has 6 heteroatoms. The Morgan fingerprint density at radius 3 is 2.45 bits per heavy atom. The lowest BCUT2D eigenvalue weighted by molar-refractivity contribution is 0.474. The lowest BCUT2D eigenvalue weighted by atomic mass is 10.1. The average molecular weight is 403 g/mol. The summed E-state index contributed by atoms with van der Waals surface area (Å²) in [6, 6.07) is 23.4. The van der Waals surface area contributed by atoms with Gasteiger partial charge in [0.05, 0.1) is 18.5 Å². The number of thiazole rings is 1. The molecular weight excluding hydrogens is 385 g/mol. The van der Waals surface area contributed by atoms with Crippen molar-refractivity contribution in [1.29, 1.82) is 0 Å². The Morgan fingerprint density at radius 1 is 0.931 bits per heavy atom. The summed E-state index contributed by atoms with van der Waals surface area (Å²) in [6.45, 7) is 0.490. The van der Waals surface area contributed by atoms with Crippen LogP contribution in [0.4, 0.5) is 4.39 Å². The number of hydrogen-bond acceptors (Lipinski definition) is 4. The summed E-state index contributed by atoms with van der Waals surface area (Å²) in [6.07, 6.45) is 1.55. The monoisotopic (exact) mass is 403 g/mol. The van der Waals surface area contributed by atoms with Crippen molar-refractivity contribution in [2.75, 3.05) is 0 Å². The predicted octanol–water partition coefficient (Wildman–Crippen LogP) is 5.04. The van der Waals surface area contributed by atoms with Gasteiger partial charge in [0.1, 0.15) is 11.6 Å². The van der Waals surface area contributed by atoms with Crippen LogP contribution in [0.2, 0.25) is 0 Å². The summed E-state index contributed by atoms with van der Waals surface area (Å²) < 4.78 is 16.0. The Balaban J connectivity index is 1.80. The van der Waals surface area contributed by atoms with Gasteiger partial charge in [0.15, 0.2) is 0 Å². The number of benzene rings is 3. The second-order valence-electron chi connectivity index (χ2n) is 6.30. The highest BCUT2D eigenvalue weighted by Crippen LogP contribution is 2.23. The molecule has 0 saturated heterocycles. The third-order valence-electron chi connectivity index (χ3n) is 4.32. The summed E-state index contributed by atoms with van der Waals surface area (Å²) in [7, 11) is 0. The molecule has 0 unspecified atom stereocenters. The van der Waals surface area contributed by atoms with E-state index in [0.717, 1.165) is 5.56 Å². The summed E-state index contributed by atoms with van der Waals surface area (Å²) >= 11 is 1.39. The minimum atomic E-state index is -0.327. The fourth-order valence-electron chi connectivity index (χ4n) is 2.83. The van der Waals surface area contributed by atoms with Crippen molar-refractivity contribution in [3.63, 3.8) is 0 Å². The standard InChI is InChI=1S/C23H18FN3OS/c24-20-12-6-5-11-19(20)21-16-29-23(25-14-17-8-2-1-3-9-17)27(21)26-15-18-10-4-7-13-22(18)28/h1-13,15-16,28H,14H2. The van der Waals surface area contributed by atoms with Crippen LogP contribution in [0.25, 0.3) is 11.3 Å². The van der Waals surface area contributed by atoms with Gasteiger partial charge in [0.2, 0.25) is 4.80 Å². The van der Waals surface area contributed by atoms with E-state index < -0.39 is 0 Å². The quantitative estimate of drug-likeness (QED) is 0.466. The van der Waals surface area contributed by atoms with Crippen molar-refractivity contribution < 1.29 is 9.50 Å². The number of phenolic OH excluding ortho intramolecular Hbond substituents is 1. The summed E-state index contributed by atoms with van der Waals surface area (Å²) in [5.41, 5.74) is 2.69. The van der Waals surface area contributed by atoms with Gasteiger partial charge in [-0.05, 0) is 29.8 Å². The second kappa shape index (κ2) is 8.67. The molecule has 0 saturated carbocycles. The Morgan fingerprint density at radius 2 is 1.66 bits per heavy atom. The molecule has 144 valence electrons. The maximum atomic E-state index is 14.4. The highest BCUT2D eigenvalue weighted by Gasteiger charge is 2.11. The van der Waals surface area contributed by atoms with E-state index in [1.165, 1.54) is 17.4 Å². The average Bonchev–Trinajstić information content (AvgIpc) is 3.15. The molecule has 1 N–H and O–H groups in total. The Labute approximate surface area is 171 Å². The van der Waals surface area contributed by atoms with E-state index in [1.807, 2.05) is 41.8 Å². The first-order valence-corrected chi connectivity index (χ1v) is 9.92. The highest BCUT2D eigenvalue weighted by atomic mass is 32.1. The van der Waals surface area contributed by atoms with Gasteiger partial charge < -0.3 is 5.11 Å². The molecule has 4 rings (SSSR count). The van der Waals surface area contributed by atoms with Crippen molar-refractivity contribution in [1.82, 2.24) is 4.68 Å². The normalized spacial score (nSPS) is 12.0. The molecule has 0 spiro atoms. The van der Waals surface area contributed by atoms with Gasteiger partial charge in [-0.3, -0.25) is 4.99 Å². The number of hydrogen-bond donors (Lipinski definition) is 1. The maximum absolute atomic E-state index is 14.4. The summed E-state index contributed by atoms with van der Waals surface area (Å²) in [5, 5.41) is 16.4. The van der Waals surface area contributed by atoms with E-state index in [0.29, 0.717) is 28.2 Å². The third-order valence-corrected chi connectivity index (χ3v) is 5.18. The molecule has 4 nitrogen and oxygen atoms in total. The van der Waals surface area contributed by atoms with Gasteiger partial charge in [-0.1, -0.05) is 54.6 Å². The first kappa shape index (κ1) is 18.8. The number of phenols is 1. The number of aromatic hydroxyl groups is 1. The van der Waals surface area contributed by atoms with E-state index in [-0.39, 0.29) is 11.6 Å². The van der Waals surface area contributed by atoms with Gasteiger partial charge in [0, 0.05) is 16.5 Å². The summed E-state index contributed by atoms with van der Waals surface area (Å²) in [5.74, 6) is -0.200. The van der Waals surface area contributed by atoms with E-state index in [4.69, 9.17) is 0 Å². The van der Waals surface area contributed by atoms with Crippen molar-refractivity contribution in [2.45, 2.75) is 6.54 Å². The number of halogens is 1. The third kappa shape index (κ3) is 4.33. The molecule has 0 atom stereocenters. The number of nitrogens with zero attached hydrogens (tertiary/aromatic N) is 3. The molecular formula is C23H18FN3OS. The van der Waals surface area contributed by atoms with Crippen LogP contribution >= 0.6 is 11.3 Å². The minimum Gasteiger partial charge on any atom is -0.507 e. The summed E-state index contributed by atoms with van der Waals surface area (Å²) in [4.78, 5) is 5.31. The molecule has 0 radical (unpaired) electrons. The van der Waals surface area contributed by atoms with Crippen LogP contribution in [0.5, 0.6) is 5.75 Å². The molecule has 1 aromatic heterocycles. The number of rotatable bonds is 5. The largest absolute Gasteiger partial charge is 0.507 e. The van der Waals surface area contributed by atoms with E-state index in [9.17, 15) is 9.50 Å². The number of aromatic nitrogens is 1. The maximum Gasteiger partial charge on any atom is 0.206 e. The topological polar surface area (TPSA) is 49.9 Å². The van der Waals surface area contributed by atoms with E-state index >= 15 is 0 Å². The molecule has 0 amide bonds. The molecule has 0 aliphatic rings. The van der Waals surface area contributed by atoms with Crippen molar-refractivity contribution in [2.24, 2.45) is 10.1 Å². The van der Waals surface area contributed by atoms with Gasteiger partial charge in [0.25, 0.3) is 0 Å². The van der Waals surface area contributed by atoms with E-state index in [1.54, 1.807) is 47.3 Å². The van der Waals surface area contributed by atoms with Gasteiger partial charge in [-0.15, -0.1) is 11.3 Å². The lowest BCUT2D eigenvalue weighted by Crippen LogP contribution is -2.12. The van der Waals surface area contributed by atoms with Crippen LogP contribution in [-0.2, 0) is 6.54 Å². The van der Waals surface area contributed by atoms with Gasteiger partial charge in [-0.2, -0.15) is 5.10 Å². The molecule has 0 bridgehead atoms. The first-order valence-electron chi connectivity index (χ1n) is 9.04. The zero-order valence-electron chi connectivity index (χ0n) is 15.4. The SMILES string of the molecule is Oc1ccccc1C=Nn1c(-c2ccccc2F)csc1=NCc1ccccc1. The molecule has 0 aliphatic heterocycles. The molecule has 0 aliphatic carbocycles. The number of para-hydroxylation sites is 1. The van der Waals surface area contributed by atoms with Crippen LogP contribution in [0, 0.1) is 5.82 Å².